The molecule has 17 heteroatoms. The Bertz CT molecular complexity index is 2160. The lowest BCUT2D eigenvalue weighted by Gasteiger charge is -2.50. The maximum Gasteiger partial charge on any atom is 0.319 e. The maximum absolute atomic E-state index is 17.4. The number of phenolic OH excluding ortho intramolecular Hbond substituents is 1. The van der Waals surface area contributed by atoms with E-state index in [2.05, 4.69) is 10.1 Å². The average Bonchev–Trinajstić information content (AvgIpc) is 3.65. The SMILES string of the molecule is [B]C([B])([B])N(CC1(COc2nc(N3CCCC(C)(O)C3)c3c(n2)c(F)c(-c2cc(O)cc4ccc(F)c(CC)c24)n2nccc32)CC1)C([B])([B])[B]. The fourth-order valence-corrected chi connectivity index (χ4v) is 7.35. The van der Waals surface area contributed by atoms with Crippen LogP contribution in [0.3, 0.4) is 0 Å². The minimum Gasteiger partial charge on any atom is -0.508 e. The zero-order valence-corrected chi connectivity index (χ0v) is 28.5. The van der Waals surface area contributed by atoms with Crippen LogP contribution in [0.15, 0.2) is 36.5 Å². The number of phenols is 1. The molecule has 248 valence electrons. The molecule has 0 spiro atoms. The molecule has 1 unspecified atom stereocenters. The smallest absolute Gasteiger partial charge is 0.319 e. The van der Waals surface area contributed by atoms with Gasteiger partial charge >= 0.3 is 6.01 Å². The van der Waals surface area contributed by atoms with Crippen molar-refractivity contribution in [2.75, 3.05) is 31.1 Å². The number of pyridine rings is 1. The number of hydrogen-bond acceptors (Lipinski definition) is 8. The molecule has 0 amide bonds. The van der Waals surface area contributed by atoms with Gasteiger partial charge in [0.25, 0.3) is 0 Å². The highest BCUT2D eigenvalue weighted by atomic mass is 19.1. The number of aromatic nitrogens is 4. The zero-order valence-electron chi connectivity index (χ0n) is 28.5. The molecule has 9 nitrogen and oxygen atoms in total. The zero-order chi connectivity index (χ0) is 36.7. The molecule has 3 aromatic heterocycles. The first-order valence-corrected chi connectivity index (χ1v) is 16.8. The molecule has 2 aliphatic rings. The minimum absolute atomic E-state index is 0.0328. The van der Waals surface area contributed by atoms with Crippen LogP contribution in [0, 0.1) is 17.0 Å². The van der Waals surface area contributed by atoms with Gasteiger partial charge in [0.15, 0.2) is 5.82 Å². The molecule has 2 aromatic carbocycles. The van der Waals surface area contributed by atoms with Crippen LogP contribution in [0.25, 0.3) is 38.4 Å². The minimum atomic E-state index is -1.93. The first-order chi connectivity index (χ1) is 23.9. The van der Waals surface area contributed by atoms with Crippen LogP contribution in [0.4, 0.5) is 14.6 Å². The molecular weight excluding hydrogens is 643 g/mol. The van der Waals surface area contributed by atoms with Gasteiger partial charge in [-0.05, 0) is 79.6 Å². The number of β-amino-alcohol motifs (C(OH)–C–C–N with tert-alkyl or cyclic N) is 1. The average molecular weight is 676 g/mol. The summed E-state index contributed by atoms with van der Waals surface area (Å²) >= 11 is 0. The number of benzene rings is 2. The molecular formula is C34H32B6F2N6O3. The second kappa shape index (κ2) is 12.5. The van der Waals surface area contributed by atoms with Crippen molar-refractivity contribution in [2.24, 2.45) is 5.41 Å². The van der Waals surface area contributed by atoms with Gasteiger partial charge in [-0.3, -0.25) is 0 Å². The molecule has 0 bridgehead atoms. The van der Waals surface area contributed by atoms with Crippen LogP contribution in [0.5, 0.6) is 11.8 Å². The predicted molar refractivity (Wildman–Crippen MR) is 198 cm³/mol. The van der Waals surface area contributed by atoms with Crippen molar-refractivity contribution < 1.29 is 23.7 Å². The lowest BCUT2D eigenvalue weighted by atomic mass is 9.40. The van der Waals surface area contributed by atoms with E-state index in [-0.39, 0.29) is 48.2 Å². The summed E-state index contributed by atoms with van der Waals surface area (Å²) < 4.78 is 40.3. The summed E-state index contributed by atoms with van der Waals surface area (Å²) in [6.45, 7) is 4.42. The van der Waals surface area contributed by atoms with Gasteiger partial charge in [0, 0.05) is 30.6 Å². The molecule has 1 saturated heterocycles. The van der Waals surface area contributed by atoms with Crippen molar-refractivity contribution in [3.63, 3.8) is 0 Å². The van der Waals surface area contributed by atoms with E-state index in [0.29, 0.717) is 71.7 Å². The van der Waals surface area contributed by atoms with Crippen molar-refractivity contribution in [1.82, 2.24) is 24.5 Å². The molecule has 1 atom stereocenters. The van der Waals surface area contributed by atoms with E-state index in [4.69, 9.17) is 56.8 Å². The largest absolute Gasteiger partial charge is 0.508 e. The Balaban J connectivity index is 1.42. The molecule has 51 heavy (non-hydrogen) atoms. The number of hydrogen-bond donors (Lipinski definition) is 2. The summed E-state index contributed by atoms with van der Waals surface area (Å²) in [7, 11) is 35.7. The van der Waals surface area contributed by atoms with Crippen LogP contribution in [-0.4, -0.2) is 124 Å². The lowest BCUT2D eigenvalue weighted by molar-refractivity contribution is 0.0447. The summed E-state index contributed by atoms with van der Waals surface area (Å²) in [5.41, 5.74) is -0.666. The van der Waals surface area contributed by atoms with E-state index in [1.165, 1.54) is 33.8 Å². The topological polar surface area (TPSA) is 99.2 Å². The van der Waals surface area contributed by atoms with Gasteiger partial charge in [-0.25, -0.2) is 13.3 Å². The van der Waals surface area contributed by atoms with Crippen molar-refractivity contribution in [2.45, 2.75) is 62.0 Å². The molecule has 1 saturated carbocycles. The van der Waals surface area contributed by atoms with E-state index < -0.39 is 33.1 Å². The standard InChI is InChI=1S/C34H32B6F2N6O3/c1-3-20-22(41)6-5-18-13-19(49)14-21(24(18)20)28-26(42)27-25(23-7-11-43-48(23)28)29(46-12-4-8-31(2,50)15-46)45-30(44-27)51-17-32(9-10-32)16-47(33(35,36)37)34(38,39)40/h5-7,11,13-14,49-50H,3-4,8-10,12,15-17H2,1-2H3. The molecule has 1 aliphatic heterocycles. The summed E-state index contributed by atoms with van der Waals surface area (Å²) in [5.74, 6) is -1.03. The van der Waals surface area contributed by atoms with Crippen molar-refractivity contribution in [3.05, 3.63) is 53.7 Å². The number of fused-ring (bicyclic) bond motifs is 4. The van der Waals surface area contributed by atoms with Crippen molar-refractivity contribution in [3.8, 4) is 23.0 Å². The fourth-order valence-electron chi connectivity index (χ4n) is 7.35. The summed E-state index contributed by atoms with van der Waals surface area (Å²) in [6, 6.07) is 7.36. The van der Waals surface area contributed by atoms with Gasteiger partial charge in [-0.1, -0.05) is 23.5 Å². The van der Waals surface area contributed by atoms with Crippen LogP contribution >= 0.6 is 0 Å². The van der Waals surface area contributed by atoms with Crippen LogP contribution in [0.1, 0.15) is 45.1 Å². The Hall–Kier alpha value is -3.70. The monoisotopic (exact) mass is 676 g/mol. The Kier molecular flexibility index (Phi) is 8.72. The number of piperidine rings is 1. The molecule has 12 radical (unpaired) electrons. The maximum atomic E-state index is 17.4. The quantitative estimate of drug-likeness (QED) is 0.218. The molecule has 5 aromatic rings. The van der Waals surface area contributed by atoms with E-state index in [9.17, 15) is 10.2 Å². The number of aromatic hydroxyl groups is 1. The highest BCUT2D eigenvalue weighted by molar-refractivity contribution is 6.63. The van der Waals surface area contributed by atoms with E-state index >= 15 is 8.78 Å². The first kappa shape index (κ1) is 35.7. The van der Waals surface area contributed by atoms with E-state index in [1.54, 1.807) is 26.0 Å². The van der Waals surface area contributed by atoms with Gasteiger partial charge in [0.05, 0.1) is 76.4 Å². The second-order valence-corrected chi connectivity index (χ2v) is 14.5. The van der Waals surface area contributed by atoms with Gasteiger partial charge in [0.2, 0.25) is 0 Å². The highest BCUT2D eigenvalue weighted by Gasteiger charge is 2.48. The van der Waals surface area contributed by atoms with Gasteiger partial charge in [-0.15, -0.1) is 0 Å². The molecule has 4 heterocycles. The third kappa shape index (κ3) is 6.60. The predicted octanol–water partition coefficient (Wildman–Crippen LogP) is 2.69. The number of nitrogens with zero attached hydrogens (tertiary/aromatic N) is 6. The lowest BCUT2D eigenvalue weighted by Crippen LogP contribution is -2.65. The molecule has 7 rings (SSSR count). The summed E-state index contributed by atoms with van der Waals surface area (Å²) in [4.78, 5) is 12.5. The first-order valence-electron chi connectivity index (χ1n) is 16.8. The third-order valence-electron chi connectivity index (χ3n) is 10.0. The summed E-state index contributed by atoms with van der Waals surface area (Å²) in [5, 5.41) is 23.8. The fraction of sp³-hybridized carbons (Fsp3) is 0.441. The highest BCUT2D eigenvalue weighted by Crippen LogP contribution is 2.48. The number of rotatable bonds is 10. The number of halogens is 2. The Morgan fingerprint density at radius 1 is 1.00 bits per heavy atom. The Morgan fingerprint density at radius 3 is 2.37 bits per heavy atom. The molecule has 2 N–H and O–H groups in total. The number of ether oxygens (including phenoxy) is 1. The summed E-state index contributed by atoms with van der Waals surface area (Å²) in [6.07, 6.45) is 4.40. The molecule has 1 aliphatic carbocycles. The molecule has 2 fully saturated rings. The van der Waals surface area contributed by atoms with Crippen molar-refractivity contribution in [1.29, 1.82) is 0 Å². The van der Waals surface area contributed by atoms with Crippen molar-refractivity contribution >= 4 is 80.1 Å². The van der Waals surface area contributed by atoms with Gasteiger partial charge in [0.1, 0.15) is 28.6 Å². The Labute approximate surface area is 303 Å². The Morgan fingerprint density at radius 2 is 1.73 bits per heavy atom. The van der Waals surface area contributed by atoms with Gasteiger partial charge < -0.3 is 24.7 Å². The van der Waals surface area contributed by atoms with Crippen LogP contribution in [0.2, 0.25) is 0 Å². The third-order valence-corrected chi connectivity index (χ3v) is 10.0. The van der Waals surface area contributed by atoms with Crippen LogP contribution < -0.4 is 9.64 Å². The van der Waals surface area contributed by atoms with Crippen LogP contribution in [-0.2, 0) is 6.42 Å². The van der Waals surface area contributed by atoms with E-state index in [1.807, 2.05) is 4.90 Å². The number of anilines is 1. The number of aliphatic hydroxyl groups is 1. The number of aryl methyl sites for hydroxylation is 1. The second-order valence-electron chi connectivity index (χ2n) is 14.5. The van der Waals surface area contributed by atoms with Gasteiger partial charge in [-0.2, -0.15) is 15.1 Å². The normalized spacial score (nSPS) is 19.4. The van der Waals surface area contributed by atoms with E-state index in [0.717, 1.165) is 0 Å².